The maximum absolute atomic E-state index is 11.5. The third kappa shape index (κ3) is 24.5. The fourth-order valence-electron chi connectivity index (χ4n) is 1.66. The molecule has 0 aromatic rings. The van der Waals surface area contributed by atoms with E-state index in [2.05, 4.69) is 129 Å². The number of carbonyl (C=O) groups excluding carboxylic acids is 2. The minimum atomic E-state index is -0.386. The molecule has 0 unspecified atom stereocenters. The quantitative estimate of drug-likeness (QED) is 0.337. The van der Waals surface area contributed by atoms with Gasteiger partial charge in [0.2, 0.25) is 6.41 Å². The third-order valence-corrected chi connectivity index (χ3v) is 2.98. The summed E-state index contributed by atoms with van der Waals surface area (Å²) in [6.07, 6.45) is 4.43. The summed E-state index contributed by atoms with van der Waals surface area (Å²) in [5.74, 6) is 49.5. The molecular weight excluding hydrogens is 408 g/mol. The van der Waals surface area contributed by atoms with E-state index in [0.29, 0.717) is 19.5 Å². The zero-order valence-corrected chi connectivity index (χ0v) is 18.1. The van der Waals surface area contributed by atoms with Crippen LogP contribution in [-0.2, 0) is 9.59 Å². The topological polar surface area (TPSA) is 58.2 Å². The minimum Gasteiger partial charge on any atom is -0.359 e. The number of hydrogen-bond acceptors (Lipinski definition) is 2. The van der Waals surface area contributed by atoms with Crippen molar-refractivity contribution >= 4 is 12.3 Å². The van der Waals surface area contributed by atoms with Crippen LogP contribution in [0.5, 0.6) is 0 Å². The van der Waals surface area contributed by atoms with Crippen LogP contribution in [0.15, 0.2) is 0 Å². The number of unbranched alkanes of at least 4 members (excludes halogenated alkanes) is 3. The second-order valence-electron chi connectivity index (χ2n) is 5.37. The molecule has 0 spiro atoms. The first kappa shape index (κ1) is 27.5. The van der Waals surface area contributed by atoms with E-state index in [1.165, 1.54) is 0 Å². The molecule has 0 aromatic carbocycles. The van der Waals surface area contributed by atoms with Gasteiger partial charge in [-0.15, -0.1) is 0 Å². The lowest BCUT2D eigenvalue weighted by molar-refractivity contribution is -0.115. The van der Waals surface area contributed by atoms with Crippen LogP contribution in [0.1, 0.15) is 32.6 Å². The maximum atomic E-state index is 11.5. The zero-order valence-electron chi connectivity index (χ0n) is 18.1. The molecule has 0 saturated heterocycles. The number of rotatable bonds is 8. The summed E-state index contributed by atoms with van der Waals surface area (Å²) >= 11 is 0. The van der Waals surface area contributed by atoms with Gasteiger partial charge in [-0.05, 0) is 114 Å². The van der Waals surface area contributed by atoms with Crippen molar-refractivity contribution in [3.63, 3.8) is 0 Å². The van der Waals surface area contributed by atoms with Crippen LogP contribution in [-0.4, -0.2) is 25.4 Å². The predicted molar refractivity (Wildman–Crippen MR) is 129 cm³/mol. The van der Waals surface area contributed by atoms with Crippen molar-refractivity contribution in [3.05, 3.63) is 0 Å². The summed E-state index contributed by atoms with van der Waals surface area (Å²) in [7, 11) is 0. The molecule has 2 N–H and O–H groups in total. The van der Waals surface area contributed by atoms with Crippen molar-refractivity contribution in [2.75, 3.05) is 13.1 Å². The summed E-state index contributed by atoms with van der Waals surface area (Å²) in [5, 5.41) is 5.28. The van der Waals surface area contributed by atoms with Gasteiger partial charge in [0.25, 0.3) is 5.91 Å². The smallest absolute Gasteiger partial charge is 0.296 e. The molecule has 0 radical (unpaired) electrons. The van der Waals surface area contributed by atoms with Crippen LogP contribution >= 0.6 is 0 Å². The molecule has 4 nitrogen and oxygen atoms in total. The minimum absolute atomic E-state index is 0.386. The van der Waals surface area contributed by atoms with Gasteiger partial charge in [0.15, 0.2) is 0 Å². The van der Waals surface area contributed by atoms with Crippen molar-refractivity contribution in [2.24, 2.45) is 0 Å². The molecule has 156 valence electrons. The molecule has 0 fully saturated rings. The lowest BCUT2D eigenvalue weighted by Gasteiger charge is -2.01. The zero-order chi connectivity index (χ0) is 24.1. The summed E-state index contributed by atoms with van der Waals surface area (Å²) in [5.41, 5.74) is 0. The fourth-order valence-corrected chi connectivity index (χ4v) is 1.66. The number of hydrogen-bond donors (Lipinski definition) is 2. The maximum Gasteiger partial charge on any atom is 0.296 e. The Balaban J connectivity index is 4.15. The summed E-state index contributed by atoms with van der Waals surface area (Å²) in [6, 6.07) is 0. The Kier molecular flexibility index (Phi) is 20.5. The van der Waals surface area contributed by atoms with Crippen LogP contribution in [0.2, 0.25) is 0 Å². The molecule has 0 rings (SSSR count). The van der Waals surface area contributed by atoms with Crippen LogP contribution in [0.4, 0.5) is 0 Å². The Bertz CT molecular complexity index is 1320. The number of carbonyl (C=O) groups is 2. The lowest BCUT2D eigenvalue weighted by Crippen LogP contribution is -2.22. The van der Waals surface area contributed by atoms with Gasteiger partial charge in [-0.2, -0.15) is 0 Å². The van der Waals surface area contributed by atoms with Crippen LogP contribution in [0.25, 0.3) is 0 Å². The van der Waals surface area contributed by atoms with E-state index in [0.717, 1.165) is 25.7 Å². The monoisotopic (exact) mass is 426 g/mol. The summed E-state index contributed by atoms with van der Waals surface area (Å²) < 4.78 is 0. The molecular formula is C29H18N2O2. The van der Waals surface area contributed by atoms with E-state index in [4.69, 9.17) is 0 Å². The van der Waals surface area contributed by atoms with Crippen molar-refractivity contribution in [2.45, 2.75) is 32.6 Å². The lowest BCUT2D eigenvalue weighted by atomic mass is 10.2. The van der Waals surface area contributed by atoms with E-state index < -0.39 is 0 Å². The predicted octanol–water partition coefficient (Wildman–Crippen LogP) is 0.463. The molecule has 33 heavy (non-hydrogen) atoms. The average Bonchev–Trinajstić information content (AvgIpc) is 2.82. The number of amides is 2. The van der Waals surface area contributed by atoms with Gasteiger partial charge < -0.3 is 10.6 Å². The van der Waals surface area contributed by atoms with E-state index in [1.54, 1.807) is 6.92 Å². The Morgan fingerprint density at radius 2 is 0.970 bits per heavy atom. The Labute approximate surface area is 196 Å². The summed E-state index contributed by atoms with van der Waals surface area (Å²) in [4.78, 5) is 21.6. The van der Waals surface area contributed by atoms with Gasteiger partial charge in [-0.25, -0.2) is 0 Å². The van der Waals surface area contributed by atoms with Gasteiger partial charge in [0, 0.05) is 30.9 Å². The number of nitrogens with one attached hydrogen (secondary N) is 2. The van der Waals surface area contributed by atoms with E-state index in [-0.39, 0.29) is 5.91 Å². The van der Waals surface area contributed by atoms with Crippen LogP contribution < -0.4 is 10.6 Å². The molecule has 4 heteroatoms. The highest BCUT2D eigenvalue weighted by Crippen LogP contribution is 1.97. The van der Waals surface area contributed by atoms with Crippen molar-refractivity contribution < 1.29 is 9.59 Å². The average molecular weight is 426 g/mol. The SMILES string of the molecule is CC#CC#CC#CC#CC#CC#CC#CC#CC#CC#CC(=O)NCCCCCCNC=O. The molecule has 0 heterocycles. The fraction of sp³-hybridized carbons (Fsp3) is 0.241. The van der Waals surface area contributed by atoms with Crippen LogP contribution in [0, 0.1) is 118 Å². The molecule has 0 aliphatic heterocycles. The molecule has 0 atom stereocenters. The normalized spacial score (nSPS) is 6.09. The van der Waals surface area contributed by atoms with Gasteiger partial charge in [0.05, 0.1) is 0 Å². The van der Waals surface area contributed by atoms with Crippen molar-refractivity contribution in [1.82, 2.24) is 10.6 Å². The van der Waals surface area contributed by atoms with E-state index in [1.807, 2.05) is 0 Å². The van der Waals surface area contributed by atoms with E-state index >= 15 is 0 Å². The first-order chi connectivity index (χ1) is 16.3. The Morgan fingerprint density at radius 1 is 0.576 bits per heavy atom. The first-order valence-corrected chi connectivity index (χ1v) is 9.69. The van der Waals surface area contributed by atoms with Gasteiger partial charge in [0.1, 0.15) is 0 Å². The van der Waals surface area contributed by atoms with Crippen LogP contribution in [0.3, 0.4) is 0 Å². The van der Waals surface area contributed by atoms with E-state index in [9.17, 15) is 9.59 Å². The molecule has 0 saturated carbocycles. The third-order valence-electron chi connectivity index (χ3n) is 2.98. The standard InChI is InChI=1S/C29H18N2O2/c1-2-3-4-5-6-7-8-9-10-11-12-13-14-15-16-17-18-19-22-25-29(33)31-27-24-21-20-23-26-30-28-32/h28H,20-21,23-24,26-27H2,1H3,(H,30,32)(H,31,33). The van der Waals surface area contributed by atoms with Crippen molar-refractivity contribution in [1.29, 1.82) is 0 Å². The molecule has 0 aliphatic rings. The molecule has 0 aromatic heterocycles. The summed E-state index contributed by atoms with van der Waals surface area (Å²) in [6.45, 7) is 2.92. The highest BCUT2D eigenvalue weighted by atomic mass is 16.1. The van der Waals surface area contributed by atoms with Gasteiger partial charge in [-0.1, -0.05) is 18.8 Å². The molecule has 0 bridgehead atoms. The first-order valence-electron chi connectivity index (χ1n) is 9.69. The Morgan fingerprint density at radius 3 is 1.39 bits per heavy atom. The largest absolute Gasteiger partial charge is 0.359 e. The molecule has 2 amide bonds. The van der Waals surface area contributed by atoms with Crippen molar-refractivity contribution in [3.8, 4) is 118 Å². The van der Waals surface area contributed by atoms with Gasteiger partial charge >= 0.3 is 0 Å². The van der Waals surface area contributed by atoms with Gasteiger partial charge in [-0.3, -0.25) is 9.59 Å². The second kappa shape index (κ2) is 24.6. The second-order valence-corrected chi connectivity index (χ2v) is 5.37. The highest BCUT2D eigenvalue weighted by molar-refractivity contribution is 5.94. The highest BCUT2D eigenvalue weighted by Gasteiger charge is 1.94. The molecule has 0 aliphatic carbocycles. The Hall–Kier alpha value is -5.46.